The lowest BCUT2D eigenvalue weighted by Gasteiger charge is -2.13. The van der Waals surface area contributed by atoms with Gasteiger partial charge < -0.3 is 4.74 Å². The molecule has 142 valence electrons. The molecule has 0 aliphatic carbocycles. The van der Waals surface area contributed by atoms with Crippen LogP contribution in [0.5, 0.6) is 5.75 Å². The molecule has 0 fully saturated rings. The molecule has 2 aromatic carbocycles. The van der Waals surface area contributed by atoms with Crippen LogP contribution in [0.25, 0.3) is 0 Å². The summed E-state index contributed by atoms with van der Waals surface area (Å²) in [6.07, 6.45) is -0.652. The predicted octanol–water partition coefficient (Wildman–Crippen LogP) is 4.42. The lowest BCUT2D eigenvalue weighted by molar-refractivity contribution is -0.122. The van der Waals surface area contributed by atoms with Gasteiger partial charge in [-0.05, 0) is 43.7 Å². The Balaban J connectivity index is 1.50. The second kappa shape index (κ2) is 9.35. The van der Waals surface area contributed by atoms with Gasteiger partial charge in [0.05, 0.1) is 11.6 Å². The zero-order valence-corrected chi connectivity index (χ0v) is 17.0. The number of benzene rings is 2. The summed E-state index contributed by atoms with van der Waals surface area (Å²) in [5, 5.41) is 20.1. The number of thioether (sulfide) groups is 1. The highest BCUT2D eigenvalue weighted by Crippen LogP contribution is 2.28. The van der Waals surface area contributed by atoms with E-state index in [2.05, 4.69) is 21.6 Å². The molecule has 0 aliphatic rings. The van der Waals surface area contributed by atoms with Gasteiger partial charge in [0.15, 0.2) is 10.4 Å². The number of aromatic nitrogens is 2. The Morgan fingerprint density at radius 2 is 1.93 bits per heavy atom. The third kappa shape index (κ3) is 5.55. The van der Waals surface area contributed by atoms with Gasteiger partial charge >= 0.3 is 0 Å². The standard InChI is InChI=1S/C20H18N4O2S2/c1-13-3-9-17(10-4-13)26-14(2)18(25)22-19-23-24-20(28-19)27-12-16-7-5-15(11-21)6-8-16/h3-10,14H,12H2,1-2H3,(H,22,23,25). The predicted molar refractivity (Wildman–Crippen MR) is 111 cm³/mol. The molecule has 1 aromatic heterocycles. The number of amides is 1. The second-order valence-electron chi connectivity index (χ2n) is 6.03. The van der Waals surface area contributed by atoms with Crippen molar-refractivity contribution in [2.75, 3.05) is 5.32 Å². The lowest BCUT2D eigenvalue weighted by Crippen LogP contribution is -2.30. The van der Waals surface area contributed by atoms with E-state index in [1.807, 2.05) is 43.3 Å². The molecule has 1 amide bonds. The van der Waals surface area contributed by atoms with E-state index >= 15 is 0 Å². The highest BCUT2D eigenvalue weighted by Gasteiger charge is 2.17. The van der Waals surface area contributed by atoms with Gasteiger partial charge in [0, 0.05) is 5.75 Å². The smallest absolute Gasteiger partial charge is 0.266 e. The third-order valence-electron chi connectivity index (χ3n) is 3.79. The Kier molecular flexibility index (Phi) is 6.63. The highest BCUT2D eigenvalue weighted by molar-refractivity contribution is 8.00. The summed E-state index contributed by atoms with van der Waals surface area (Å²) >= 11 is 2.84. The molecular weight excluding hydrogens is 392 g/mol. The van der Waals surface area contributed by atoms with Crippen LogP contribution in [0.3, 0.4) is 0 Å². The number of hydrogen-bond acceptors (Lipinski definition) is 7. The number of carbonyl (C=O) groups is 1. The lowest BCUT2D eigenvalue weighted by atomic mass is 10.2. The first-order valence-electron chi connectivity index (χ1n) is 8.53. The van der Waals surface area contributed by atoms with Crippen molar-refractivity contribution in [3.8, 4) is 11.8 Å². The maximum atomic E-state index is 12.3. The Morgan fingerprint density at radius 3 is 2.61 bits per heavy atom. The molecule has 0 spiro atoms. The Hall–Kier alpha value is -2.89. The van der Waals surface area contributed by atoms with Crippen molar-refractivity contribution < 1.29 is 9.53 Å². The number of nitrogens with zero attached hydrogens (tertiary/aromatic N) is 3. The molecule has 0 bridgehead atoms. The maximum absolute atomic E-state index is 12.3. The van der Waals surface area contributed by atoms with E-state index in [0.29, 0.717) is 22.2 Å². The van der Waals surface area contributed by atoms with Gasteiger partial charge in [-0.1, -0.05) is 52.9 Å². The summed E-state index contributed by atoms with van der Waals surface area (Å²) in [4.78, 5) is 12.3. The number of nitrogens with one attached hydrogen (secondary N) is 1. The minimum absolute atomic E-state index is 0.277. The van der Waals surface area contributed by atoms with E-state index in [4.69, 9.17) is 10.00 Å². The molecule has 0 aliphatic heterocycles. The first-order chi connectivity index (χ1) is 13.5. The van der Waals surface area contributed by atoms with Gasteiger partial charge in [-0.15, -0.1) is 10.2 Å². The summed E-state index contributed by atoms with van der Waals surface area (Å²) < 4.78 is 6.41. The summed E-state index contributed by atoms with van der Waals surface area (Å²) in [5.41, 5.74) is 2.85. The van der Waals surface area contributed by atoms with Crippen LogP contribution < -0.4 is 10.1 Å². The van der Waals surface area contributed by atoms with E-state index in [9.17, 15) is 4.79 Å². The fraction of sp³-hybridized carbons (Fsp3) is 0.200. The van der Waals surface area contributed by atoms with E-state index in [1.165, 1.54) is 23.1 Å². The van der Waals surface area contributed by atoms with Crippen molar-refractivity contribution in [3.63, 3.8) is 0 Å². The van der Waals surface area contributed by atoms with Crippen molar-refractivity contribution in [1.82, 2.24) is 10.2 Å². The van der Waals surface area contributed by atoms with Crippen LogP contribution in [0, 0.1) is 18.3 Å². The van der Waals surface area contributed by atoms with Gasteiger partial charge in [-0.25, -0.2) is 0 Å². The van der Waals surface area contributed by atoms with Crippen LogP contribution in [0.15, 0.2) is 52.9 Å². The number of nitriles is 1. The van der Waals surface area contributed by atoms with Crippen molar-refractivity contribution >= 4 is 34.1 Å². The van der Waals surface area contributed by atoms with Crippen LogP contribution in [-0.2, 0) is 10.5 Å². The molecule has 0 saturated carbocycles. The minimum atomic E-state index is -0.652. The molecular formula is C20H18N4O2S2. The first kappa shape index (κ1) is 19.9. The van der Waals surface area contributed by atoms with Gasteiger partial charge in [0.25, 0.3) is 5.91 Å². The number of ether oxygens (including phenoxy) is 1. The molecule has 0 radical (unpaired) electrons. The molecule has 28 heavy (non-hydrogen) atoms. The molecule has 8 heteroatoms. The third-order valence-corrected chi connectivity index (χ3v) is 5.83. The number of hydrogen-bond donors (Lipinski definition) is 1. The molecule has 3 aromatic rings. The van der Waals surface area contributed by atoms with Gasteiger partial charge in [0.2, 0.25) is 5.13 Å². The quantitative estimate of drug-likeness (QED) is 0.458. The van der Waals surface area contributed by atoms with Crippen molar-refractivity contribution in [3.05, 3.63) is 65.2 Å². The fourth-order valence-electron chi connectivity index (χ4n) is 2.22. The molecule has 6 nitrogen and oxygen atoms in total. The molecule has 3 rings (SSSR count). The van der Waals surface area contributed by atoms with Crippen LogP contribution in [0.1, 0.15) is 23.6 Å². The summed E-state index contributed by atoms with van der Waals surface area (Å²) in [6, 6.07) is 17.0. The molecule has 1 atom stereocenters. The van der Waals surface area contributed by atoms with E-state index in [0.717, 1.165) is 15.5 Å². The van der Waals surface area contributed by atoms with Crippen LogP contribution in [-0.4, -0.2) is 22.2 Å². The van der Waals surface area contributed by atoms with E-state index in [-0.39, 0.29) is 5.91 Å². The Bertz CT molecular complexity index is 979. The zero-order chi connectivity index (χ0) is 19.9. The van der Waals surface area contributed by atoms with Gasteiger partial charge in [-0.3, -0.25) is 10.1 Å². The molecule has 0 saturated heterocycles. The van der Waals surface area contributed by atoms with Crippen molar-refractivity contribution in [1.29, 1.82) is 5.26 Å². The number of rotatable bonds is 7. The minimum Gasteiger partial charge on any atom is -0.481 e. The fourth-order valence-corrected chi connectivity index (χ4v) is 3.93. The van der Waals surface area contributed by atoms with Crippen LogP contribution in [0.4, 0.5) is 5.13 Å². The monoisotopic (exact) mass is 410 g/mol. The normalized spacial score (nSPS) is 11.5. The average Bonchev–Trinajstić information content (AvgIpc) is 3.15. The zero-order valence-electron chi connectivity index (χ0n) is 15.4. The topological polar surface area (TPSA) is 87.9 Å². The summed E-state index contributed by atoms with van der Waals surface area (Å²) in [7, 11) is 0. The van der Waals surface area contributed by atoms with E-state index < -0.39 is 6.10 Å². The number of aryl methyl sites for hydroxylation is 1. The summed E-state index contributed by atoms with van der Waals surface area (Å²) in [5.74, 6) is 1.07. The van der Waals surface area contributed by atoms with Crippen LogP contribution >= 0.6 is 23.1 Å². The first-order valence-corrected chi connectivity index (χ1v) is 10.3. The van der Waals surface area contributed by atoms with Gasteiger partial charge in [-0.2, -0.15) is 5.26 Å². The second-order valence-corrected chi connectivity index (χ2v) is 8.23. The number of carbonyl (C=O) groups excluding carboxylic acids is 1. The summed E-state index contributed by atoms with van der Waals surface area (Å²) in [6.45, 7) is 3.68. The Labute approximate surface area is 171 Å². The van der Waals surface area contributed by atoms with Crippen LogP contribution in [0.2, 0.25) is 0 Å². The maximum Gasteiger partial charge on any atom is 0.266 e. The highest BCUT2D eigenvalue weighted by atomic mass is 32.2. The van der Waals surface area contributed by atoms with Crippen molar-refractivity contribution in [2.24, 2.45) is 0 Å². The van der Waals surface area contributed by atoms with Gasteiger partial charge in [0.1, 0.15) is 5.75 Å². The largest absolute Gasteiger partial charge is 0.481 e. The molecule has 1 heterocycles. The van der Waals surface area contributed by atoms with E-state index in [1.54, 1.807) is 19.1 Å². The number of anilines is 1. The van der Waals surface area contributed by atoms with Crippen molar-refractivity contribution in [2.45, 2.75) is 30.0 Å². The SMILES string of the molecule is Cc1ccc(OC(C)C(=O)Nc2nnc(SCc3ccc(C#N)cc3)s2)cc1. The molecule has 1 N–H and O–H groups in total. The average molecular weight is 411 g/mol. The molecule has 1 unspecified atom stereocenters. The Morgan fingerprint density at radius 1 is 1.21 bits per heavy atom.